The van der Waals surface area contributed by atoms with E-state index in [9.17, 15) is 0 Å². The average molecular weight is 345 g/mol. The van der Waals surface area contributed by atoms with Crippen molar-refractivity contribution in [1.29, 1.82) is 10.5 Å². The first-order valence-electron chi connectivity index (χ1n) is 9.96. The van der Waals surface area contributed by atoms with Gasteiger partial charge in [-0.15, -0.1) is 0 Å². The van der Waals surface area contributed by atoms with Crippen LogP contribution in [0.15, 0.2) is 48.6 Å². The molecule has 0 amide bonds. The maximum absolute atomic E-state index is 8.94. The third kappa shape index (κ3) is 4.44. The van der Waals surface area contributed by atoms with Crippen LogP contribution in [0.3, 0.4) is 0 Å². The standard InChI is InChI=1S/C24H28N2/c1-18(21-8-4-19(5-9-21)3-2-16-25)22-12-14-24(15-13-22)23-10-6-20(17-26)7-11-23/h2-3,6-7,10-11,19,21-22,24H,1,4-5,8-9,12-15H2. The van der Waals surface area contributed by atoms with Crippen LogP contribution in [0.4, 0.5) is 0 Å². The van der Waals surface area contributed by atoms with Crippen molar-refractivity contribution in [3.63, 3.8) is 0 Å². The molecule has 2 nitrogen and oxygen atoms in total. The van der Waals surface area contributed by atoms with E-state index in [0.29, 0.717) is 23.7 Å². The number of nitriles is 2. The van der Waals surface area contributed by atoms with Crippen molar-refractivity contribution in [2.75, 3.05) is 0 Å². The first kappa shape index (κ1) is 18.5. The monoisotopic (exact) mass is 344 g/mol. The maximum Gasteiger partial charge on any atom is 0.0991 e. The molecule has 0 unspecified atom stereocenters. The number of hydrogen-bond acceptors (Lipinski definition) is 2. The van der Waals surface area contributed by atoms with Crippen LogP contribution in [-0.4, -0.2) is 0 Å². The molecule has 2 aliphatic carbocycles. The fourth-order valence-electron chi connectivity index (χ4n) is 4.82. The van der Waals surface area contributed by atoms with E-state index in [1.807, 2.05) is 12.1 Å². The molecule has 2 heteroatoms. The van der Waals surface area contributed by atoms with Crippen molar-refractivity contribution >= 4 is 0 Å². The minimum atomic E-state index is 0.589. The Hall–Kier alpha value is -2.32. The first-order chi connectivity index (χ1) is 12.7. The van der Waals surface area contributed by atoms with Crippen molar-refractivity contribution in [3.8, 4) is 12.1 Å². The number of rotatable bonds is 4. The molecule has 2 aliphatic rings. The Morgan fingerprint density at radius 2 is 1.46 bits per heavy atom. The lowest BCUT2D eigenvalue weighted by Crippen LogP contribution is -2.22. The van der Waals surface area contributed by atoms with E-state index in [1.54, 1.807) is 6.08 Å². The lowest BCUT2D eigenvalue weighted by Gasteiger charge is -2.35. The van der Waals surface area contributed by atoms with Crippen LogP contribution in [0, 0.1) is 40.4 Å². The SMILES string of the molecule is C=C(C1CCC(C=CC#N)CC1)C1CCC(c2ccc(C#N)cc2)CC1. The highest BCUT2D eigenvalue weighted by Gasteiger charge is 2.29. The summed E-state index contributed by atoms with van der Waals surface area (Å²) in [7, 11) is 0. The Balaban J connectivity index is 1.49. The van der Waals surface area contributed by atoms with Gasteiger partial charge < -0.3 is 0 Å². The molecular formula is C24H28N2. The highest BCUT2D eigenvalue weighted by atomic mass is 14.3. The first-order valence-corrected chi connectivity index (χ1v) is 9.96. The van der Waals surface area contributed by atoms with Gasteiger partial charge in [0.15, 0.2) is 0 Å². The van der Waals surface area contributed by atoms with Crippen LogP contribution in [0.1, 0.15) is 68.4 Å². The molecule has 0 saturated heterocycles. The van der Waals surface area contributed by atoms with Gasteiger partial charge in [-0.25, -0.2) is 0 Å². The quantitative estimate of drug-likeness (QED) is 0.477. The lowest BCUT2D eigenvalue weighted by atomic mass is 9.70. The van der Waals surface area contributed by atoms with E-state index in [4.69, 9.17) is 10.5 Å². The Morgan fingerprint density at radius 3 is 2.00 bits per heavy atom. The van der Waals surface area contributed by atoms with E-state index >= 15 is 0 Å². The van der Waals surface area contributed by atoms with Gasteiger partial charge in [0.1, 0.15) is 0 Å². The van der Waals surface area contributed by atoms with Gasteiger partial charge in [0.05, 0.1) is 17.7 Å². The molecule has 0 heterocycles. The van der Waals surface area contributed by atoms with E-state index in [1.165, 1.54) is 62.5 Å². The van der Waals surface area contributed by atoms with Gasteiger partial charge in [-0.2, -0.15) is 10.5 Å². The second kappa shape index (κ2) is 8.86. The Labute approximate surface area is 157 Å². The van der Waals surface area contributed by atoms with Crippen molar-refractivity contribution in [3.05, 3.63) is 59.7 Å². The second-order valence-corrected chi connectivity index (χ2v) is 7.96. The molecule has 0 radical (unpaired) electrons. The van der Waals surface area contributed by atoms with Gasteiger partial charge in [-0.05, 0) is 92.7 Å². The number of hydrogen-bond donors (Lipinski definition) is 0. The van der Waals surface area contributed by atoms with Crippen molar-refractivity contribution in [2.24, 2.45) is 17.8 Å². The van der Waals surface area contributed by atoms with Crippen LogP contribution in [0.2, 0.25) is 0 Å². The van der Waals surface area contributed by atoms with Gasteiger partial charge in [-0.3, -0.25) is 0 Å². The van der Waals surface area contributed by atoms with Crippen LogP contribution < -0.4 is 0 Å². The zero-order valence-corrected chi connectivity index (χ0v) is 15.5. The number of nitrogens with zero attached hydrogens (tertiary/aromatic N) is 2. The topological polar surface area (TPSA) is 47.6 Å². The Kier molecular flexibility index (Phi) is 6.30. The summed E-state index contributed by atoms with van der Waals surface area (Å²) in [4.78, 5) is 0. The molecule has 2 saturated carbocycles. The van der Waals surface area contributed by atoms with Crippen molar-refractivity contribution in [2.45, 2.75) is 57.3 Å². The Morgan fingerprint density at radius 1 is 0.885 bits per heavy atom. The summed E-state index contributed by atoms with van der Waals surface area (Å²) >= 11 is 0. The molecular weight excluding hydrogens is 316 g/mol. The zero-order valence-electron chi connectivity index (χ0n) is 15.5. The fraction of sp³-hybridized carbons (Fsp3) is 0.500. The van der Waals surface area contributed by atoms with E-state index in [0.717, 1.165) is 5.56 Å². The zero-order chi connectivity index (χ0) is 18.4. The van der Waals surface area contributed by atoms with E-state index in [2.05, 4.69) is 36.9 Å². The van der Waals surface area contributed by atoms with Crippen molar-refractivity contribution in [1.82, 2.24) is 0 Å². The van der Waals surface area contributed by atoms with E-state index in [-0.39, 0.29) is 0 Å². The van der Waals surface area contributed by atoms with Gasteiger partial charge in [0.25, 0.3) is 0 Å². The van der Waals surface area contributed by atoms with Crippen LogP contribution in [-0.2, 0) is 0 Å². The van der Waals surface area contributed by atoms with Crippen molar-refractivity contribution < 1.29 is 0 Å². The molecule has 0 N–H and O–H groups in total. The maximum atomic E-state index is 8.94. The summed E-state index contributed by atoms with van der Waals surface area (Å²) < 4.78 is 0. The molecule has 0 aromatic heterocycles. The predicted molar refractivity (Wildman–Crippen MR) is 105 cm³/mol. The molecule has 0 aliphatic heterocycles. The molecule has 0 bridgehead atoms. The summed E-state index contributed by atoms with van der Waals surface area (Å²) in [5.74, 6) is 2.59. The minimum Gasteiger partial charge on any atom is -0.193 e. The van der Waals surface area contributed by atoms with Crippen LogP contribution >= 0.6 is 0 Å². The molecule has 1 aromatic carbocycles. The largest absolute Gasteiger partial charge is 0.193 e. The lowest BCUT2D eigenvalue weighted by molar-refractivity contribution is 0.290. The predicted octanol–water partition coefficient (Wildman–Crippen LogP) is 6.27. The van der Waals surface area contributed by atoms with Gasteiger partial charge >= 0.3 is 0 Å². The Bertz CT molecular complexity index is 713. The molecule has 3 rings (SSSR count). The summed E-state index contributed by atoms with van der Waals surface area (Å²) in [6, 6.07) is 12.5. The number of benzene rings is 1. The van der Waals surface area contributed by atoms with E-state index < -0.39 is 0 Å². The van der Waals surface area contributed by atoms with Crippen LogP contribution in [0.25, 0.3) is 0 Å². The van der Waals surface area contributed by atoms with Gasteiger partial charge in [0.2, 0.25) is 0 Å². The molecule has 1 aromatic rings. The second-order valence-electron chi connectivity index (χ2n) is 7.96. The summed E-state index contributed by atoms with van der Waals surface area (Å²) in [5.41, 5.74) is 3.62. The fourth-order valence-corrected chi connectivity index (χ4v) is 4.82. The normalized spacial score (nSPS) is 29.0. The molecule has 0 atom stereocenters. The number of allylic oxidation sites excluding steroid dienone is 3. The highest BCUT2D eigenvalue weighted by molar-refractivity contribution is 5.33. The van der Waals surface area contributed by atoms with Gasteiger partial charge in [-0.1, -0.05) is 30.4 Å². The summed E-state index contributed by atoms with van der Waals surface area (Å²) in [6.45, 7) is 4.50. The highest BCUT2D eigenvalue weighted by Crippen LogP contribution is 2.43. The summed E-state index contributed by atoms with van der Waals surface area (Å²) in [6.07, 6.45) is 13.5. The average Bonchev–Trinajstić information content (AvgIpc) is 2.72. The van der Waals surface area contributed by atoms with Crippen LogP contribution in [0.5, 0.6) is 0 Å². The smallest absolute Gasteiger partial charge is 0.0991 e. The molecule has 26 heavy (non-hydrogen) atoms. The minimum absolute atomic E-state index is 0.589. The molecule has 134 valence electrons. The summed E-state index contributed by atoms with van der Waals surface area (Å²) in [5, 5.41) is 17.6. The third-order valence-electron chi connectivity index (χ3n) is 6.50. The molecule has 0 spiro atoms. The molecule has 2 fully saturated rings. The van der Waals surface area contributed by atoms with Gasteiger partial charge in [0, 0.05) is 6.08 Å². The third-order valence-corrected chi connectivity index (χ3v) is 6.50.